The predicted octanol–water partition coefficient (Wildman–Crippen LogP) is 14.0. The molecule has 304 valence electrons. The van der Waals surface area contributed by atoms with Crippen molar-refractivity contribution in [3.63, 3.8) is 0 Å². The topological polar surface area (TPSA) is 36.9 Å². The Hall–Kier alpha value is -4.99. The van der Waals surface area contributed by atoms with Crippen LogP contribution in [0.2, 0.25) is 0 Å². The van der Waals surface area contributed by atoms with Gasteiger partial charge < -0.3 is 0 Å². The van der Waals surface area contributed by atoms with E-state index in [0.29, 0.717) is 0 Å². The first-order valence-electron chi connectivity index (χ1n) is 20.9. The fourth-order valence-corrected chi connectivity index (χ4v) is 10.6. The van der Waals surface area contributed by atoms with Crippen LogP contribution in [0.1, 0.15) is 105 Å². The Morgan fingerprint density at radius 3 is 1.83 bits per heavy atom. The minimum absolute atomic E-state index is 0.0108. The van der Waals surface area contributed by atoms with Crippen LogP contribution in [0, 0.1) is 9.22 Å². The molecule has 0 saturated carbocycles. The Morgan fingerprint density at radius 2 is 1.17 bits per heavy atom. The number of benzene rings is 5. The van der Waals surface area contributed by atoms with E-state index in [2.05, 4.69) is 231 Å². The van der Waals surface area contributed by atoms with E-state index in [1.165, 1.54) is 38.5 Å². The maximum atomic E-state index is 6.85. The quantitative estimate of drug-likeness (QED) is 0.172. The Bertz CT molecular complexity index is 3030. The van der Waals surface area contributed by atoms with Gasteiger partial charge in [-0.15, -0.1) is 0 Å². The van der Waals surface area contributed by atoms with Crippen molar-refractivity contribution in [2.24, 2.45) is 5.41 Å². The molecular formula is C53H56N4OPt. The van der Waals surface area contributed by atoms with Crippen LogP contribution < -0.4 is 4.74 Å². The van der Waals surface area contributed by atoms with Crippen molar-refractivity contribution >= 4 is 32.8 Å². The molecule has 9 rings (SSSR count). The molecule has 0 radical (unpaired) electrons. The van der Waals surface area contributed by atoms with Crippen LogP contribution in [0.4, 0.5) is 0 Å². The number of hydrogen-bond donors (Lipinski definition) is 0. The second-order valence-corrected chi connectivity index (χ2v) is 21.2. The van der Waals surface area contributed by atoms with E-state index in [4.69, 9.17) is 9.72 Å². The molecule has 0 fully saturated rings. The van der Waals surface area contributed by atoms with E-state index in [1.807, 2.05) is 6.20 Å². The third-order valence-electron chi connectivity index (χ3n) is 14.2. The van der Waals surface area contributed by atoms with Crippen molar-refractivity contribution in [3.8, 4) is 28.7 Å². The molecule has 0 saturated heterocycles. The fourth-order valence-electron chi connectivity index (χ4n) is 9.51. The molecule has 0 unspecified atom stereocenters. The van der Waals surface area contributed by atoms with Crippen molar-refractivity contribution in [2.75, 3.05) is 0 Å². The van der Waals surface area contributed by atoms with Crippen molar-refractivity contribution in [1.82, 2.24) is 18.7 Å². The van der Waals surface area contributed by atoms with E-state index in [1.54, 1.807) is 0 Å². The van der Waals surface area contributed by atoms with E-state index < -0.39 is 0 Å². The minimum atomic E-state index is -0.104. The predicted molar refractivity (Wildman–Crippen MR) is 242 cm³/mol. The standard InChI is InChI=1S/C53H56N4O.Pt/c1-49(2,3)34-20-22-36(23-21-34)55-33-56(44-19-14-13-18-43(44)55)37-16-15-17-38(31-37)58-39-24-25-40-41-26-27-42-47(52(9,10)53(11,12)51(42,7)8)48(41)57(45(40)32-39)46-30-35(28-29-54-46)50(4,5)6;/h13-32H,1-12H3;. The molecule has 0 N–H and O–H groups in total. The number of para-hydroxylation sites is 2. The van der Waals surface area contributed by atoms with Crippen LogP contribution in [0.15, 0.2) is 121 Å². The molecule has 1 aliphatic rings. The summed E-state index contributed by atoms with van der Waals surface area (Å²) < 4.78 is 15.0. The van der Waals surface area contributed by atoms with Gasteiger partial charge in [-0.2, -0.15) is 0 Å². The van der Waals surface area contributed by atoms with Crippen molar-refractivity contribution in [2.45, 2.75) is 105 Å². The molecule has 59 heavy (non-hydrogen) atoms. The van der Waals surface area contributed by atoms with Gasteiger partial charge in [0.15, 0.2) is 0 Å². The van der Waals surface area contributed by atoms with Crippen molar-refractivity contribution in [3.05, 3.63) is 148 Å². The molecule has 0 atom stereocenters. The van der Waals surface area contributed by atoms with Crippen LogP contribution in [0.25, 0.3) is 50.0 Å². The van der Waals surface area contributed by atoms with Crippen LogP contribution in [-0.4, -0.2) is 18.7 Å². The molecule has 5 aromatic carbocycles. The number of rotatable bonds is 5. The van der Waals surface area contributed by atoms with Gasteiger partial charge in [0.1, 0.15) is 0 Å². The number of aromatic nitrogens is 4. The van der Waals surface area contributed by atoms with Crippen LogP contribution in [-0.2, 0) is 41.0 Å². The molecule has 0 amide bonds. The third kappa shape index (κ3) is 5.97. The van der Waals surface area contributed by atoms with Crippen LogP contribution in [0.3, 0.4) is 0 Å². The van der Waals surface area contributed by atoms with E-state index in [0.717, 1.165) is 49.0 Å². The Kier molecular flexibility index (Phi) is 8.87. The monoisotopic (exact) mass is 959 g/mol. The van der Waals surface area contributed by atoms with Gasteiger partial charge in [-0.05, 0) is 38.9 Å². The Balaban J connectivity index is 1.19. The maximum absolute atomic E-state index is 6.85. The summed E-state index contributed by atoms with van der Waals surface area (Å²) in [5.41, 5.74) is 12.1. The zero-order valence-corrected chi connectivity index (χ0v) is 38.8. The SMILES string of the molecule is CC(C)(C)c1ccc(-n2[c](=[Pt])n(-c3cccc(Oc4ccc5c6ccc7c(c6n(-c6cc(C(C)(C)C)ccn6)c5c4)C(C)(C)C(C)(C)C7(C)C)c3)c3ccccc32)cc1. The normalized spacial score (nSPS) is 16.0. The van der Waals surface area contributed by atoms with Gasteiger partial charge in [-0.25, -0.2) is 0 Å². The number of hydrogen-bond acceptors (Lipinski definition) is 2. The Morgan fingerprint density at radius 1 is 0.542 bits per heavy atom. The second-order valence-electron chi connectivity index (χ2n) is 20.2. The van der Waals surface area contributed by atoms with Gasteiger partial charge in [0.05, 0.1) is 0 Å². The molecule has 0 aliphatic heterocycles. The number of pyridine rings is 1. The molecule has 3 aromatic heterocycles. The summed E-state index contributed by atoms with van der Waals surface area (Å²) in [6, 6.07) is 41.8. The summed E-state index contributed by atoms with van der Waals surface area (Å²) in [4.78, 5) is 5.09. The Labute approximate surface area is 360 Å². The zero-order chi connectivity index (χ0) is 42.0. The zero-order valence-electron chi connectivity index (χ0n) is 36.6. The molecular weight excluding hydrogens is 904 g/mol. The van der Waals surface area contributed by atoms with E-state index in [-0.39, 0.29) is 27.1 Å². The summed E-state index contributed by atoms with van der Waals surface area (Å²) >= 11 is 2.47. The third-order valence-corrected chi connectivity index (χ3v) is 15.2. The molecule has 1 aliphatic carbocycles. The van der Waals surface area contributed by atoms with Gasteiger partial charge in [0.25, 0.3) is 0 Å². The van der Waals surface area contributed by atoms with Gasteiger partial charge >= 0.3 is 249 Å². The summed E-state index contributed by atoms with van der Waals surface area (Å²) in [5.74, 6) is 2.49. The summed E-state index contributed by atoms with van der Waals surface area (Å²) in [6.45, 7) is 28.1. The van der Waals surface area contributed by atoms with Gasteiger partial charge in [-0.3, -0.25) is 0 Å². The molecule has 0 bridgehead atoms. The molecule has 6 heteroatoms. The first kappa shape index (κ1) is 39.5. The van der Waals surface area contributed by atoms with Crippen LogP contribution >= 0.6 is 0 Å². The van der Waals surface area contributed by atoms with Crippen molar-refractivity contribution < 1.29 is 24.1 Å². The fraction of sp³-hybridized carbons (Fsp3) is 0.321. The molecule has 3 heterocycles. The average Bonchev–Trinajstić information content (AvgIpc) is 3.70. The number of ether oxygens (including phenoxy) is 1. The molecule has 5 nitrogen and oxygen atoms in total. The molecule has 8 aromatic rings. The number of nitrogens with zero attached hydrogens (tertiary/aromatic N) is 4. The number of fused-ring (bicyclic) bond motifs is 6. The summed E-state index contributed by atoms with van der Waals surface area (Å²) in [6.07, 6.45) is 1.97. The van der Waals surface area contributed by atoms with Gasteiger partial charge in [-0.1, -0.05) is 68.4 Å². The van der Waals surface area contributed by atoms with Gasteiger partial charge in [0, 0.05) is 6.20 Å². The number of imidazole rings is 1. The van der Waals surface area contributed by atoms with Crippen LogP contribution in [0.5, 0.6) is 11.5 Å². The first-order valence-corrected chi connectivity index (χ1v) is 22.0. The van der Waals surface area contributed by atoms with E-state index in [9.17, 15) is 0 Å². The average molecular weight is 960 g/mol. The first-order chi connectivity index (χ1) is 27.7. The van der Waals surface area contributed by atoms with E-state index >= 15 is 0 Å². The molecule has 0 spiro atoms. The summed E-state index contributed by atoms with van der Waals surface area (Å²) in [5, 5.41) is 2.44. The van der Waals surface area contributed by atoms with Gasteiger partial charge in [0.2, 0.25) is 0 Å². The summed E-state index contributed by atoms with van der Waals surface area (Å²) in [7, 11) is 0. The van der Waals surface area contributed by atoms with Crippen molar-refractivity contribution in [1.29, 1.82) is 0 Å². The second kappa shape index (κ2) is 13.3.